The first-order valence-electron chi connectivity index (χ1n) is 25.3. The molecule has 3 aliphatic rings. The van der Waals surface area contributed by atoms with Crippen LogP contribution in [0.4, 0.5) is 27.1 Å². The van der Waals surface area contributed by atoms with Crippen molar-refractivity contribution >= 4 is 90.5 Å². The molecule has 0 saturated carbocycles. The van der Waals surface area contributed by atoms with Gasteiger partial charge in [0.05, 0.1) is 23.4 Å². The van der Waals surface area contributed by atoms with E-state index >= 15 is 0 Å². The number of hydrogen-bond acceptors (Lipinski definition) is 13. The molecule has 6 N–H and O–H groups in total. The average molecular weight is 1020 g/mol. The third-order valence-electron chi connectivity index (χ3n) is 14.0. The topological polar surface area (TPSA) is 229 Å². The molecular formula is C53H68N12O7S. The highest BCUT2D eigenvalue weighted by molar-refractivity contribution is 7.22. The summed E-state index contributed by atoms with van der Waals surface area (Å²) in [6.07, 6.45) is 7.86. The molecule has 3 aromatic heterocycles. The lowest BCUT2D eigenvalue weighted by Crippen LogP contribution is -2.54. The van der Waals surface area contributed by atoms with Crippen LogP contribution in [0.2, 0.25) is 0 Å². The molecule has 2 aliphatic heterocycles. The number of thiazole rings is 1. The maximum atomic E-state index is 14.0. The van der Waals surface area contributed by atoms with Gasteiger partial charge in [0.2, 0.25) is 17.7 Å². The quantitative estimate of drug-likeness (QED) is 0.0441. The number of benzene rings is 2. The van der Waals surface area contributed by atoms with Crippen molar-refractivity contribution in [3.05, 3.63) is 83.6 Å². The number of aryl methyl sites for hydroxylation is 1. The average Bonchev–Trinajstić information content (AvgIpc) is 4.04. The van der Waals surface area contributed by atoms with Crippen LogP contribution >= 0.6 is 11.3 Å². The van der Waals surface area contributed by atoms with Crippen LogP contribution in [0.25, 0.3) is 21.3 Å². The number of nitrogens with zero attached hydrogens (tertiary/aromatic N) is 7. The normalized spacial score (nSPS) is 16.6. The molecule has 7 amide bonds. The van der Waals surface area contributed by atoms with Crippen molar-refractivity contribution in [2.24, 2.45) is 18.7 Å². The minimum Gasteiger partial charge on any atom is -0.378 e. The Morgan fingerprint density at radius 3 is 2.37 bits per heavy atom. The van der Waals surface area contributed by atoms with E-state index in [0.717, 1.165) is 70.4 Å². The molecule has 0 spiro atoms. The van der Waals surface area contributed by atoms with E-state index in [0.29, 0.717) is 57.2 Å². The number of nitrogens with two attached hydrogens (primary N) is 1. The van der Waals surface area contributed by atoms with Gasteiger partial charge in [0.1, 0.15) is 23.5 Å². The summed E-state index contributed by atoms with van der Waals surface area (Å²) in [5.74, 6) is -1.50. The van der Waals surface area contributed by atoms with Crippen molar-refractivity contribution < 1.29 is 33.5 Å². The lowest BCUT2D eigenvalue weighted by molar-refractivity contribution is -0.137. The Labute approximate surface area is 429 Å². The highest BCUT2D eigenvalue weighted by atomic mass is 32.1. The molecule has 0 bridgehead atoms. The number of ether oxygens (including phenoxy) is 1. The largest absolute Gasteiger partial charge is 0.378 e. The van der Waals surface area contributed by atoms with Crippen LogP contribution < -0.4 is 36.8 Å². The second-order valence-electron chi connectivity index (χ2n) is 19.7. The third-order valence-corrected chi connectivity index (χ3v) is 15.1. The fraction of sp³-hybridized carbons (Fsp3) is 0.472. The highest BCUT2D eigenvalue weighted by Gasteiger charge is 2.30. The summed E-state index contributed by atoms with van der Waals surface area (Å²) in [7, 11) is 6.42. The van der Waals surface area contributed by atoms with Crippen LogP contribution in [0, 0.1) is 5.92 Å². The van der Waals surface area contributed by atoms with Crippen LogP contribution in [0.15, 0.2) is 66.7 Å². The third kappa shape index (κ3) is 12.8. The van der Waals surface area contributed by atoms with E-state index in [-0.39, 0.29) is 49.6 Å². The number of unbranched alkanes of at least 4 members (excludes halogenated alkanes) is 2. The molecule has 5 heterocycles. The van der Waals surface area contributed by atoms with Crippen molar-refractivity contribution in [1.29, 1.82) is 0 Å². The SMILES string of the molecule is CC(C)[C@H](NC(=O)CCCCCN1C(=O)C=CC1=O)C(=O)N[C@@H](CCCNC(N)=O)C(=O)Nc1ccc(CN(c2ccc3nc(N4CCOCC4)sc3c2)c2ccc3c4c(n(C)c3n2)CCC(N(C)C)C4)cc1. The molecule has 1 saturated heterocycles. The van der Waals surface area contributed by atoms with Gasteiger partial charge < -0.3 is 51.0 Å². The van der Waals surface area contributed by atoms with Gasteiger partial charge in [0.15, 0.2) is 5.13 Å². The highest BCUT2D eigenvalue weighted by Crippen LogP contribution is 2.38. The molecule has 1 unspecified atom stereocenters. The maximum Gasteiger partial charge on any atom is 0.312 e. The van der Waals surface area contributed by atoms with Crippen molar-refractivity contribution in [1.82, 2.24) is 40.3 Å². The first-order chi connectivity index (χ1) is 35.1. The summed E-state index contributed by atoms with van der Waals surface area (Å²) < 4.78 is 8.93. The number of carbonyl (C=O) groups excluding carboxylic acids is 6. The molecule has 1 fully saturated rings. The molecule has 1 aliphatic carbocycles. The van der Waals surface area contributed by atoms with Crippen molar-refractivity contribution in [2.45, 2.75) is 96.3 Å². The minimum atomic E-state index is -1.01. The van der Waals surface area contributed by atoms with Crippen molar-refractivity contribution in [3.8, 4) is 0 Å². The number of amides is 7. The summed E-state index contributed by atoms with van der Waals surface area (Å²) in [6.45, 7) is 7.50. The molecule has 2 aromatic carbocycles. The van der Waals surface area contributed by atoms with Gasteiger partial charge in [-0.2, -0.15) is 0 Å². The van der Waals surface area contributed by atoms with E-state index in [1.165, 1.54) is 33.7 Å². The van der Waals surface area contributed by atoms with Gasteiger partial charge in [-0.15, -0.1) is 0 Å². The number of anilines is 4. The molecule has 8 rings (SSSR count). The van der Waals surface area contributed by atoms with Gasteiger partial charge >= 0.3 is 6.03 Å². The Kier molecular flexibility index (Phi) is 17.1. The number of carbonyl (C=O) groups is 6. The standard InChI is InChI=1S/C53H68N12O7S/c1-33(2)48(60-45(66)11-7-6-8-25-64-46(67)22-23-47(64)68)51(70)57-41(10-9-24-55-52(54)71)50(69)56-35-14-12-34(13-15-35)32-65(37-16-19-40-43(31-37)73-53(58-40)63-26-28-72-29-27-63)44-21-18-38-39-30-36(61(3)4)17-20-42(39)62(5)49(38)59-44/h12-16,18-19,21-23,31,33,36,41,48H,6-11,17,20,24-30,32H2,1-5H3,(H,56,69)(H,57,70)(H,60,66)(H3,54,55,71)/t36?,41-,48-/m0/s1. The Balaban J connectivity index is 0.969. The number of primary amides is 1. The zero-order valence-electron chi connectivity index (χ0n) is 42.4. The summed E-state index contributed by atoms with van der Waals surface area (Å²) in [5.41, 5.74) is 12.3. The molecule has 73 heavy (non-hydrogen) atoms. The number of likely N-dealkylation sites (N-methyl/N-ethyl adjacent to an activating group) is 1. The van der Waals surface area contributed by atoms with E-state index in [4.69, 9.17) is 20.4 Å². The van der Waals surface area contributed by atoms with Crippen LogP contribution in [0.3, 0.4) is 0 Å². The molecule has 5 aromatic rings. The number of nitrogens with one attached hydrogen (secondary N) is 4. The molecule has 388 valence electrons. The molecular weight excluding hydrogens is 949 g/mol. The lowest BCUT2D eigenvalue weighted by atomic mass is 9.91. The molecule has 0 radical (unpaired) electrons. The first-order valence-corrected chi connectivity index (χ1v) is 26.2. The Hall–Kier alpha value is -6.90. The van der Waals surface area contributed by atoms with Crippen LogP contribution in [0.1, 0.15) is 75.6 Å². The summed E-state index contributed by atoms with van der Waals surface area (Å²) in [6, 6.07) is 16.1. The number of imide groups is 1. The van der Waals surface area contributed by atoms with Gasteiger partial charge in [-0.05, 0) is 119 Å². The number of pyridine rings is 1. The number of rotatable bonds is 22. The fourth-order valence-electron chi connectivity index (χ4n) is 9.78. The van der Waals surface area contributed by atoms with E-state index in [1.54, 1.807) is 25.2 Å². The summed E-state index contributed by atoms with van der Waals surface area (Å²) in [4.78, 5) is 94.3. The lowest BCUT2D eigenvalue weighted by Gasteiger charge is -2.28. The van der Waals surface area contributed by atoms with Crippen LogP contribution in [-0.4, -0.2) is 132 Å². The van der Waals surface area contributed by atoms with E-state index < -0.39 is 29.9 Å². The predicted octanol–water partition coefficient (Wildman–Crippen LogP) is 5.27. The smallest absolute Gasteiger partial charge is 0.312 e. The number of aromatic nitrogens is 3. The second-order valence-corrected chi connectivity index (χ2v) is 20.7. The summed E-state index contributed by atoms with van der Waals surface area (Å²) >= 11 is 1.67. The van der Waals surface area contributed by atoms with Gasteiger partial charge in [0, 0.05) is 86.8 Å². The van der Waals surface area contributed by atoms with Gasteiger partial charge in [0.25, 0.3) is 11.8 Å². The van der Waals surface area contributed by atoms with Crippen molar-refractivity contribution in [2.75, 3.05) is 68.6 Å². The zero-order valence-corrected chi connectivity index (χ0v) is 43.3. The number of fused-ring (bicyclic) bond motifs is 4. The number of morpholine rings is 1. The molecule has 19 nitrogen and oxygen atoms in total. The predicted molar refractivity (Wildman–Crippen MR) is 284 cm³/mol. The van der Waals surface area contributed by atoms with Gasteiger partial charge in [-0.25, -0.2) is 14.8 Å². The Morgan fingerprint density at radius 1 is 0.904 bits per heavy atom. The monoisotopic (exact) mass is 1020 g/mol. The Bertz CT molecular complexity index is 2840. The van der Waals surface area contributed by atoms with Crippen molar-refractivity contribution in [3.63, 3.8) is 0 Å². The van der Waals surface area contributed by atoms with Gasteiger partial charge in [-0.3, -0.25) is 28.9 Å². The number of urea groups is 1. The summed E-state index contributed by atoms with van der Waals surface area (Å²) in [5, 5.41) is 13.4. The molecule has 20 heteroatoms. The molecule has 3 atom stereocenters. The van der Waals surface area contributed by atoms with E-state index in [2.05, 4.69) is 92.0 Å². The second kappa shape index (κ2) is 23.8. The van der Waals surface area contributed by atoms with E-state index in [9.17, 15) is 28.8 Å². The fourth-order valence-corrected chi connectivity index (χ4v) is 10.8. The first kappa shape index (κ1) is 52.4. The maximum absolute atomic E-state index is 14.0. The minimum absolute atomic E-state index is 0.141. The Morgan fingerprint density at radius 2 is 1.66 bits per heavy atom. The number of hydrogen-bond donors (Lipinski definition) is 5. The van der Waals surface area contributed by atoms with Crippen LogP contribution in [-0.2, 0) is 55.1 Å². The van der Waals surface area contributed by atoms with E-state index in [1.807, 2.05) is 24.3 Å². The van der Waals surface area contributed by atoms with Crippen LogP contribution in [0.5, 0.6) is 0 Å². The zero-order chi connectivity index (χ0) is 51.8. The van der Waals surface area contributed by atoms with Gasteiger partial charge in [-0.1, -0.05) is 43.7 Å².